The van der Waals surface area contributed by atoms with Gasteiger partial charge >= 0.3 is 0 Å². The highest BCUT2D eigenvalue weighted by Crippen LogP contribution is 2.15. The number of nitrogens with one attached hydrogen (secondary N) is 2. The number of benzene rings is 1. The van der Waals surface area contributed by atoms with Crippen LogP contribution in [0.25, 0.3) is 0 Å². The van der Waals surface area contributed by atoms with E-state index in [4.69, 9.17) is 0 Å². The molecule has 1 amide bonds. The van der Waals surface area contributed by atoms with Crippen molar-refractivity contribution in [1.82, 2.24) is 15.5 Å². The van der Waals surface area contributed by atoms with Gasteiger partial charge in [-0.15, -0.1) is 0 Å². The minimum Gasteiger partial charge on any atom is -0.368 e. The van der Waals surface area contributed by atoms with E-state index in [1.807, 2.05) is 18.2 Å². The summed E-state index contributed by atoms with van der Waals surface area (Å²) in [6.07, 6.45) is 3.70. The lowest BCUT2D eigenvalue weighted by Gasteiger charge is -2.34. The summed E-state index contributed by atoms with van der Waals surface area (Å²) in [4.78, 5) is 17.1. The Morgan fingerprint density at radius 3 is 2.74 bits per heavy atom. The number of carbonyl (C=O) groups excluding carboxylic acids is 1. The first kappa shape index (κ1) is 16.3. The maximum Gasteiger partial charge on any atom is 0.238 e. The van der Waals surface area contributed by atoms with Gasteiger partial charge in [-0.05, 0) is 51.0 Å². The van der Waals surface area contributed by atoms with E-state index in [0.29, 0.717) is 0 Å². The molecule has 3 rings (SSSR count). The van der Waals surface area contributed by atoms with Gasteiger partial charge in [0.05, 0.1) is 0 Å². The summed E-state index contributed by atoms with van der Waals surface area (Å²) in [5, 5.41) is 6.43. The molecule has 0 spiro atoms. The average Bonchev–Trinajstić information content (AvgIpc) is 3.13. The smallest absolute Gasteiger partial charge is 0.238 e. The minimum absolute atomic E-state index is 0.115. The molecule has 1 aromatic rings. The van der Waals surface area contributed by atoms with Crippen molar-refractivity contribution in [1.29, 1.82) is 0 Å². The zero-order valence-electron chi connectivity index (χ0n) is 13.8. The van der Waals surface area contributed by atoms with Crippen molar-refractivity contribution in [3.8, 4) is 0 Å². The predicted molar refractivity (Wildman–Crippen MR) is 93.7 cm³/mol. The number of nitrogens with zero attached hydrogens (tertiary/aromatic N) is 2. The molecule has 2 N–H and O–H groups in total. The molecule has 1 unspecified atom stereocenters. The van der Waals surface area contributed by atoms with Crippen LogP contribution >= 0.6 is 0 Å². The average molecular weight is 316 g/mol. The van der Waals surface area contributed by atoms with Crippen molar-refractivity contribution in [2.45, 2.75) is 25.3 Å². The van der Waals surface area contributed by atoms with Crippen LogP contribution in [0.2, 0.25) is 0 Å². The first-order valence-electron chi connectivity index (χ1n) is 8.86. The number of para-hydroxylation sites is 1. The van der Waals surface area contributed by atoms with Crippen molar-refractivity contribution >= 4 is 11.6 Å². The molecule has 2 fully saturated rings. The molecule has 2 heterocycles. The van der Waals surface area contributed by atoms with Crippen LogP contribution in [-0.4, -0.2) is 62.7 Å². The second-order valence-electron chi connectivity index (χ2n) is 6.48. The van der Waals surface area contributed by atoms with Gasteiger partial charge in [0.25, 0.3) is 0 Å². The third-order valence-corrected chi connectivity index (χ3v) is 4.76. The quantitative estimate of drug-likeness (QED) is 0.771. The molecule has 0 bridgehead atoms. The molecule has 5 heteroatoms. The van der Waals surface area contributed by atoms with Crippen molar-refractivity contribution < 1.29 is 4.79 Å². The molecule has 23 heavy (non-hydrogen) atoms. The normalized spacial score (nSPS) is 22.3. The number of hydrogen-bond acceptors (Lipinski definition) is 4. The zero-order chi connectivity index (χ0) is 15.9. The van der Waals surface area contributed by atoms with E-state index in [9.17, 15) is 4.79 Å². The standard InChI is InChI=1S/C18H28N4O/c23-18(20-9-6-13-21-11-4-5-12-21)17-15-22(14-10-19-17)16-7-2-1-3-8-16/h1-3,7-8,17,19H,4-6,9-15H2,(H,20,23). The number of rotatable bonds is 6. The number of piperazine rings is 1. The summed E-state index contributed by atoms with van der Waals surface area (Å²) >= 11 is 0. The third-order valence-electron chi connectivity index (χ3n) is 4.76. The largest absolute Gasteiger partial charge is 0.368 e. The molecule has 0 radical (unpaired) electrons. The molecule has 2 aliphatic rings. The van der Waals surface area contributed by atoms with Crippen LogP contribution < -0.4 is 15.5 Å². The Bertz CT molecular complexity index is 487. The monoisotopic (exact) mass is 316 g/mol. The topological polar surface area (TPSA) is 47.6 Å². The van der Waals surface area contributed by atoms with Gasteiger partial charge in [0.1, 0.15) is 6.04 Å². The van der Waals surface area contributed by atoms with E-state index in [-0.39, 0.29) is 11.9 Å². The Balaban J connectivity index is 1.40. The van der Waals surface area contributed by atoms with Crippen LogP contribution in [0, 0.1) is 0 Å². The Morgan fingerprint density at radius 1 is 1.17 bits per heavy atom. The van der Waals surface area contributed by atoms with Crippen LogP contribution in [0.15, 0.2) is 30.3 Å². The summed E-state index contributed by atoms with van der Waals surface area (Å²) < 4.78 is 0. The van der Waals surface area contributed by atoms with E-state index in [1.54, 1.807) is 0 Å². The Hall–Kier alpha value is -1.59. The summed E-state index contributed by atoms with van der Waals surface area (Å²) in [7, 11) is 0. The van der Waals surface area contributed by atoms with Gasteiger partial charge in [-0.3, -0.25) is 4.79 Å². The van der Waals surface area contributed by atoms with Gasteiger partial charge in [-0.2, -0.15) is 0 Å². The molecule has 0 saturated carbocycles. The van der Waals surface area contributed by atoms with Crippen LogP contribution in [0.5, 0.6) is 0 Å². The van der Waals surface area contributed by atoms with E-state index < -0.39 is 0 Å². The van der Waals surface area contributed by atoms with Gasteiger partial charge < -0.3 is 20.4 Å². The van der Waals surface area contributed by atoms with Gasteiger partial charge in [-0.25, -0.2) is 0 Å². The fourth-order valence-corrected chi connectivity index (χ4v) is 3.44. The van der Waals surface area contributed by atoms with Crippen LogP contribution in [0.3, 0.4) is 0 Å². The fraction of sp³-hybridized carbons (Fsp3) is 0.611. The van der Waals surface area contributed by atoms with Crippen molar-refractivity contribution in [3.05, 3.63) is 30.3 Å². The molecular weight excluding hydrogens is 288 g/mol. The second-order valence-corrected chi connectivity index (χ2v) is 6.48. The highest BCUT2D eigenvalue weighted by molar-refractivity contribution is 5.82. The Labute approximate surface area is 139 Å². The SMILES string of the molecule is O=C(NCCCN1CCCC1)C1CN(c2ccccc2)CCN1. The third kappa shape index (κ3) is 4.69. The highest BCUT2D eigenvalue weighted by Gasteiger charge is 2.25. The zero-order valence-corrected chi connectivity index (χ0v) is 13.8. The maximum absolute atomic E-state index is 12.4. The summed E-state index contributed by atoms with van der Waals surface area (Å²) in [6.45, 7) is 6.87. The molecular formula is C18H28N4O. The van der Waals surface area contributed by atoms with E-state index >= 15 is 0 Å². The molecule has 126 valence electrons. The van der Waals surface area contributed by atoms with E-state index in [1.165, 1.54) is 31.6 Å². The first-order valence-corrected chi connectivity index (χ1v) is 8.86. The van der Waals surface area contributed by atoms with Crippen molar-refractivity contribution in [2.24, 2.45) is 0 Å². The summed E-state index contributed by atoms with van der Waals surface area (Å²) in [5.41, 5.74) is 1.20. The van der Waals surface area contributed by atoms with Gasteiger partial charge in [0, 0.05) is 31.9 Å². The molecule has 1 atom stereocenters. The van der Waals surface area contributed by atoms with E-state index in [2.05, 4.69) is 32.6 Å². The lowest BCUT2D eigenvalue weighted by Crippen LogP contribution is -2.57. The maximum atomic E-state index is 12.4. The molecule has 2 aliphatic heterocycles. The van der Waals surface area contributed by atoms with E-state index in [0.717, 1.165) is 39.1 Å². The number of amides is 1. The molecule has 1 aromatic carbocycles. The predicted octanol–water partition coefficient (Wildman–Crippen LogP) is 1.07. The van der Waals surface area contributed by atoms with Crippen molar-refractivity contribution in [2.75, 3.05) is 50.7 Å². The molecule has 0 aromatic heterocycles. The number of likely N-dealkylation sites (tertiary alicyclic amines) is 1. The number of carbonyl (C=O) groups is 1. The van der Waals surface area contributed by atoms with Gasteiger partial charge in [0.15, 0.2) is 0 Å². The van der Waals surface area contributed by atoms with Crippen LogP contribution in [0.1, 0.15) is 19.3 Å². The Kier molecular flexibility index (Phi) is 5.88. The first-order chi connectivity index (χ1) is 11.3. The summed E-state index contributed by atoms with van der Waals surface area (Å²) in [6, 6.07) is 10.2. The lowest BCUT2D eigenvalue weighted by atomic mass is 10.1. The van der Waals surface area contributed by atoms with Crippen LogP contribution in [-0.2, 0) is 4.79 Å². The lowest BCUT2D eigenvalue weighted by molar-refractivity contribution is -0.123. The molecule has 0 aliphatic carbocycles. The highest BCUT2D eigenvalue weighted by atomic mass is 16.2. The Morgan fingerprint density at radius 2 is 1.96 bits per heavy atom. The number of hydrogen-bond donors (Lipinski definition) is 2. The molecule has 5 nitrogen and oxygen atoms in total. The fourth-order valence-electron chi connectivity index (χ4n) is 3.44. The molecule has 2 saturated heterocycles. The van der Waals surface area contributed by atoms with Gasteiger partial charge in [-0.1, -0.05) is 18.2 Å². The minimum atomic E-state index is -0.115. The van der Waals surface area contributed by atoms with Gasteiger partial charge in [0.2, 0.25) is 5.91 Å². The summed E-state index contributed by atoms with van der Waals surface area (Å²) in [5.74, 6) is 0.132. The second kappa shape index (κ2) is 8.31. The number of anilines is 1. The van der Waals surface area contributed by atoms with Crippen LogP contribution in [0.4, 0.5) is 5.69 Å². The van der Waals surface area contributed by atoms with Crippen molar-refractivity contribution in [3.63, 3.8) is 0 Å².